The number of ether oxygens (including phenoxy) is 2. The SMILES string of the molecule is CC(C)CC(/C=C/C(Cc1ccccc1)C(=O)N1CCC[C@H]1C(=O)NC(C(=O)NC(CCCNC(=O)OC1CC(C)(C)N(O)C(C)(C)C1)C(=O)NC(C)C)C(C)C)NC(=O)OC(C)(C)C. The molecule has 6 amide bonds. The Morgan fingerprint density at radius 1 is 0.846 bits per heavy atom. The number of carbonyl (C=O) groups is 6. The molecular formula is C49H81N7O9. The molecule has 2 aliphatic rings. The molecule has 2 saturated heterocycles. The highest BCUT2D eigenvalue weighted by atomic mass is 16.6. The third-order valence-electron chi connectivity index (χ3n) is 11.6. The van der Waals surface area contributed by atoms with Crippen LogP contribution >= 0.6 is 0 Å². The number of nitrogens with one attached hydrogen (secondary N) is 5. The van der Waals surface area contributed by atoms with Crippen LogP contribution in [0.4, 0.5) is 9.59 Å². The fourth-order valence-electron chi connectivity index (χ4n) is 8.69. The molecule has 2 heterocycles. The summed E-state index contributed by atoms with van der Waals surface area (Å²) in [7, 11) is 0. The summed E-state index contributed by atoms with van der Waals surface area (Å²) in [5.74, 6) is -2.42. The van der Waals surface area contributed by atoms with Crippen LogP contribution in [-0.4, -0.2) is 117 Å². The lowest BCUT2D eigenvalue weighted by Gasteiger charge is -2.50. The van der Waals surface area contributed by atoms with E-state index < -0.39 is 82.8 Å². The van der Waals surface area contributed by atoms with Crippen molar-refractivity contribution >= 4 is 35.8 Å². The molecule has 1 aromatic carbocycles. The van der Waals surface area contributed by atoms with Gasteiger partial charge in [-0.2, -0.15) is 5.06 Å². The van der Waals surface area contributed by atoms with Crippen LogP contribution in [0, 0.1) is 17.8 Å². The minimum Gasteiger partial charge on any atom is -0.446 e. The number of nitrogens with zero attached hydrogens (tertiary/aromatic N) is 2. The van der Waals surface area contributed by atoms with Crippen molar-refractivity contribution in [2.75, 3.05) is 13.1 Å². The van der Waals surface area contributed by atoms with Gasteiger partial charge in [0.1, 0.15) is 29.8 Å². The number of alkyl carbamates (subject to hydrolysis) is 2. The summed E-state index contributed by atoms with van der Waals surface area (Å²) in [5.41, 5.74) is -0.921. The van der Waals surface area contributed by atoms with Crippen molar-refractivity contribution in [1.82, 2.24) is 36.5 Å². The Balaban J connectivity index is 1.72. The Morgan fingerprint density at radius 2 is 1.48 bits per heavy atom. The van der Waals surface area contributed by atoms with Crippen LogP contribution in [0.25, 0.3) is 0 Å². The Kier molecular flexibility index (Phi) is 20.3. The first kappa shape index (κ1) is 54.6. The van der Waals surface area contributed by atoms with Gasteiger partial charge in [0, 0.05) is 43.1 Å². The number of likely N-dealkylation sites (tertiary alicyclic amines) is 1. The molecule has 366 valence electrons. The molecule has 65 heavy (non-hydrogen) atoms. The van der Waals surface area contributed by atoms with Gasteiger partial charge in [0.25, 0.3) is 0 Å². The smallest absolute Gasteiger partial charge is 0.408 e. The van der Waals surface area contributed by atoms with Gasteiger partial charge in [-0.25, -0.2) is 9.59 Å². The van der Waals surface area contributed by atoms with Gasteiger partial charge in [0.2, 0.25) is 23.6 Å². The maximum Gasteiger partial charge on any atom is 0.408 e. The van der Waals surface area contributed by atoms with E-state index in [9.17, 15) is 34.0 Å². The molecule has 2 fully saturated rings. The van der Waals surface area contributed by atoms with E-state index in [1.165, 1.54) is 5.06 Å². The number of rotatable bonds is 20. The number of amides is 6. The molecular weight excluding hydrogens is 831 g/mol. The lowest BCUT2D eigenvalue weighted by molar-refractivity contribution is -0.256. The highest BCUT2D eigenvalue weighted by Crippen LogP contribution is 2.38. The van der Waals surface area contributed by atoms with E-state index >= 15 is 0 Å². The summed E-state index contributed by atoms with van der Waals surface area (Å²) in [6, 6.07) is 6.21. The normalized spacial score (nSPS) is 19.6. The van der Waals surface area contributed by atoms with E-state index in [0.717, 1.165) is 5.56 Å². The summed E-state index contributed by atoms with van der Waals surface area (Å²) < 4.78 is 11.2. The lowest BCUT2D eigenvalue weighted by atomic mass is 9.80. The van der Waals surface area contributed by atoms with E-state index in [-0.39, 0.29) is 36.8 Å². The number of carbonyl (C=O) groups excluding carboxylic acids is 6. The standard InChI is InChI=1S/C49H81N7O9/c1-31(2)27-36(52-46(62)65-47(7,8)9)24-23-35(28-34-19-15-14-16-20-34)44(60)55-26-18-22-39(55)42(58)54-40(32(3)4)43(59)53-38(41(57)51-33(5)6)21-17-25-50-45(61)64-37-29-48(10,11)56(63)49(12,13)30-37/h14-16,19-20,23-24,31-33,35-40,63H,17-18,21-22,25-30H2,1-13H3,(H,50,61)(H,51,57)(H,52,62)(H,53,59)(H,54,58)/b24-23+/t35?,36?,38?,39-,40?/m0/s1. The van der Waals surface area contributed by atoms with Crippen molar-refractivity contribution in [3.05, 3.63) is 48.0 Å². The second-order valence-corrected chi connectivity index (χ2v) is 21.1. The van der Waals surface area contributed by atoms with E-state index in [1.807, 2.05) is 97.9 Å². The van der Waals surface area contributed by atoms with Crippen LogP contribution in [0.1, 0.15) is 141 Å². The molecule has 0 bridgehead atoms. The van der Waals surface area contributed by atoms with Gasteiger partial charge in [-0.05, 0) is 118 Å². The fraction of sp³-hybridized carbons (Fsp3) is 0.714. The van der Waals surface area contributed by atoms with E-state index in [2.05, 4.69) is 26.6 Å². The Hall–Kier alpha value is -4.70. The van der Waals surface area contributed by atoms with Gasteiger partial charge < -0.3 is 46.2 Å². The van der Waals surface area contributed by atoms with Crippen molar-refractivity contribution in [3.8, 4) is 0 Å². The molecule has 0 aliphatic carbocycles. The number of hydrogen-bond donors (Lipinski definition) is 6. The minimum atomic E-state index is -1.02. The maximum absolute atomic E-state index is 14.5. The minimum absolute atomic E-state index is 0.181. The molecule has 6 N–H and O–H groups in total. The highest BCUT2D eigenvalue weighted by Gasteiger charge is 2.46. The fourth-order valence-corrected chi connectivity index (χ4v) is 8.69. The van der Waals surface area contributed by atoms with Crippen molar-refractivity contribution in [1.29, 1.82) is 0 Å². The molecule has 0 aromatic heterocycles. The Bertz CT molecular complexity index is 1760. The largest absolute Gasteiger partial charge is 0.446 e. The molecule has 2 aliphatic heterocycles. The van der Waals surface area contributed by atoms with Gasteiger partial charge in [0.05, 0.1) is 12.0 Å². The van der Waals surface area contributed by atoms with Gasteiger partial charge in [-0.3, -0.25) is 19.2 Å². The van der Waals surface area contributed by atoms with Crippen molar-refractivity contribution < 1.29 is 43.4 Å². The predicted molar refractivity (Wildman–Crippen MR) is 251 cm³/mol. The average Bonchev–Trinajstić information content (AvgIpc) is 3.67. The van der Waals surface area contributed by atoms with Gasteiger partial charge in [-0.1, -0.05) is 70.2 Å². The van der Waals surface area contributed by atoms with Gasteiger partial charge in [-0.15, -0.1) is 0 Å². The van der Waals surface area contributed by atoms with E-state index in [1.54, 1.807) is 39.5 Å². The first-order valence-electron chi connectivity index (χ1n) is 23.6. The molecule has 0 saturated carbocycles. The Labute approximate surface area is 388 Å². The number of hydroxylamine groups is 2. The molecule has 16 heteroatoms. The molecule has 0 radical (unpaired) electrons. The highest BCUT2D eigenvalue weighted by molar-refractivity contribution is 5.95. The molecule has 1 aromatic rings. The zero-order valence-corrected chi connectivity index (χ0v) is 41.4. The van der Waals surface area contributed by atoms with Crippen molar-refractivity contribution in [3.63, 3.8) is 0 Å². The third-order valence-corrected chi connectivity index (χ3v) is 11.6. The summed E-state index contributed by atoms with van der Waals surface area (Å²) >= 11 is 0. The second kappa shape index (κ2) is 24.2. The predicted octanol–water partition coefficient (Wildman–Crippen LogP) is 6.40. The molecule has 3 rings (SSSR count). The summed E-state index contributed by atoms with van der Waals surface area (Å²) in [6.07, 6.45) is 5.54. The van der Waals surface area contributed by atoms with Crippen LogP contribution in [0.15, 0.2) is 42.5 Å². The van der Waals surface area contributed by atoms with Crippen molar-refractivity contribution in [2.24, 2.45) is 17.8 Å². The van der Waals surface area contributed by atoms with Gasteiger partial charge >= 0.3 is 12.2 Å². The average molecular weight is 912 g/mol. The summed E-state index contributed by atoms with van der Waals surface area (Å²) in [6.45, 7) is 24.8. The number of benzene rings is 1. The number of hydrogen-bond acceptors (Lipinski definition) is 10. The Morgan fingerprint density at radius 3 is 2.05 bits per heavy atom. The first-order valence-corrected chi connectivity index (χ1v) is 23.6. The molecule has 5 atom stereocenters. The van der Waals surface area contributed by atoms with Crippen molar-refractivity contribution in [2.45, 2.75) is 194 Å². The van der Waals surface area contributed by atoms with E-state index in [0.29, 0.717) is 51.5 Å². The van der Waals surface area contributed by atoms with Crippen LogP contribution in [0.5, 0.6) is 0 Å². The maximum atomic E-state index is 14.5. The monoisotopic (exact) mass is 912 g/mol. The summed E-state index contributed by atoms with van der Waals surface area (Å²) in [4.78, 5) is 83.2. The zero-order valence-electron chi connectivity index (χ0n) is 41.4. The topological polar surface area (TPSA) is 208 Å². The zero-order chi connectivity index (χ0) is 48.9. The van der Waals surface area contributed by atoms with Crippen LogP contribution < -0.4 is 26.6 Å². The third kappa shape index (κ3) is 17.9. The van der Waals surface area contributed by atoms with Crippen LogP contribution in [0.2, 0.25) is 0 Å². The van der Waals surface area contributed by atoms with E-state index in [4.69, 9.17) is 9.47 Å². The van der Waals surface area contributed by atoms with Gasteiger partial charge in [0.15, 0.2) is 0 Å². The van der Waals surface area contributed by atoms with Crippen LogP contribution in [-0.2, 0) is 35.1 Å². The van der Waals surface area contributed by atoms with Crippen LogP contribution in [0.3, 0.4) is 0 Å². The lowest BCUT2D eigenvalue weighted by Crippen LogP contribution is -2.61. The summed E-state index contributed by atoms with van der Waals surface area (Å²) in [5, 5.41) is 26.2. The molecule has 4 unspecified atom stereocenters. The molecule has 0 spiro atoms. The molecule has 16 nitrogen and oxygen atoms in total. The quantitative estimate of drug-likeness (QED) is 0.0627. The first-order chi connectivity index (χ1) is 30.2. The number of piperidine rings is 1. The second-order valence-electron chi connectivity index (χ2n) is 21.1.